The molecule has 0 bridgehead atoms. The molecule has 1 aromatic heterocycles. The second kappa shape index (κ2) is 6.52. The number of nitrogens with one attached hydrogen (secondary N) is 1. The number of H-pyrrole nitrogens is 1. The van der Waals surface area contributed by atoms with Gasteiger partial charge in [0, 0.05) is 12.4 Å². The van der Waals surface area contributed by atoms with Gasteiger partial charge in [-0.1, -0.05) is 36.4 Å². The Hall–Kier alpha value is -2.82. The Morgan fingerprint density at radius 2 is 1.87 bits per heavy atom. The smallest absolute Gasteiger partial charge is 0.275 e. The van der Waals surface area contributed by atoms with Crippen LogP contribution < -0.4 is 4.74 Å². The molecule has 0 aliphatic carbocycles. The first-order valence-electron chi connectivity index (χ1n) is 7.55. The molecular formula is C18H19N3O2. The average Bonchev–Trinajstić information content (AvgIpc) is 3.03. The molecule has 1 N–H and O–H groups in total. The lowest BCUT2D eigenvalue weighted by molar-refractivity contribution is 0.0692. The number of fused-ring (bicyclic) bond motifs is 1. The molecule has 3 rings (SSSR count). The van der Waals surface area contributed by atoms with Gasteiger partial charge in [-0.25, -0.2) is 0 Å². The molecule has 0 aliphatic heterocycles. The summed E-state index contributed by atoms with van der Waals surface area (Å²) in [5, 5.41) is 7.89. The molecule has 2 aromatic carbocycles. The number of hydrogen-bond acceptors (Lipinski definition) is 3. The van der Waals surface area contributed by atoms with Gasteiger partial charge in [-0.05, 0) is 25.1 Å². The Balaban J connectivity index is 1.69. The van der Waals surface area contributed by atoms with Crippen LogP contribution in [0.2, 0.25) is 0 Å². The molecule has 0 radical (unpaired) electrons. The largest absolute Gasteiger partial charge is 0.491 e. The third-order valence-electron chi connectivity index (χ3n) is 3.89. The number of rotatable bonds is 5. The molecule has 3 aromatic rings. The third kappa shape index (κ3) is 3.18. The first kappa shape index (κ1) is 15.1. The predicted octanol–water partition coefficient (Wildman–Crippen LogP) is 3.10. The fourth-order valence-corrected chi connectivity index (χ4v) is 2.34. The summed E-state index contributed by atoms with van der Waals surface area (Å²) < 4.78 is 5.72. The maximum Gasteiger partial charge on any atom is 0.275 e. The van der Waals surface area contributed by atoms with E-state index in [0.29, 0.717) is 12.3 Å². The standard InChI is InChI=1S/C18H19N3O2/c1-13(12-23-14-8-4-3-5-9-14)21(2)18(22)17-15-10-6-7-11-16(15)19-20-17/h3-11,13H,12H2,1-2H3,(H,19,20). The molecule has 0 aliphatic rings. The van der Waals surface area contributed by atoms with E-state index >= 15 is 0 Å². The van der Waals surface area contributed by atoms with E-state index in [0.717, 1.165) is 16.7 Å². The predicted molar refractivity (Wildman–Crippen MR) is 89.6 cm³/mol. The first-order valence-corrected chi connectivity index (χ1v) is 7.55. The summed E-state index contributed by atoms with van der Waals surface area (Å²) >= 11 is 0. The SMILES string of the molecule is CC(COc1ccccc1)N(C)C(=O)c1n[nH]c2ccccc12. The van der Waals surface area contributed by atoms with Crippen LogP contribution in [0.25, 0.3) is 10.9 Å². The molecule has 23 heavy (non-hydrogen) atoms. The van der Waals surface area contributed by atoms with Gasteiger partial charge in [-0.3, -0.25) is 9.89 Å². The summed E-state index contributed by atoms with van der Waals surface area (Å²) in [6.07, 6.45) is 0. The number of ether oxygens (including phenoxy) is 1. The molecule has 118 valence electrons. The number of hydrogen-bond donors (Lipinski definition) is 1. The summed E-state index contributed by atoms with van der Waals surface area (Å²) in [5.74, 6) is 0.678. The minimum absolute atomic E-state index is 0.0711. The summed E-state index contributed by atoms with van der Waals surface area (Å²) in [6.45, 7) is 2.38. The second-order valence-electron chi connectivity index (χ2n) is 5.51. The van der Waals surface area contributed by atoms with Crippen LogP contribution in [0.1, 0.15) is 17.4 Å². The van der Waals surface area contributed by atoms with Crippen molar-refractivity contribution < 1.29 is 9.53 Å². The zero-order valence-electron chi connectivity index (χ0n) is 13.2. The number of aromatic nitrogens is 2. The van der Waals surface area contributed by atoms with E-state index in [1.54, 1.807) is 11.9 Å². The van der Waals surface area contributed by atoms with Gasteiger partial charge >= 0.3 is 0 Å². The maximum absolute atomic E-state index is 12.7. The topological polar surface area (TPSA) is 58.2 Å². The van der Waals surface area contributed by atoms with E-state index in [1.807, 2.05) is 61.5 Å². The number of carbonyl (C=O) groups excluding carboxylic acids is 1. The average molecular weight is 309 g/mol. The fraction of sp³-hybridized carbons (Fsp3) is 0.222. The molecule has 5 heteroatoms. The second-order valence-corrected chi connectivity index (χ2v) is 5.51. The van der Waals surface area contributed by atoms with Crippen molar-refractivity contribution in [1.82, 2.24) is 15.1 Å². The zero-order chi connectivity index (χ0) is 16.2. The molecule has 0 fully saturated rings. The molecule has 1 atom stereocenters. The molecule has 1 unspecified atom stereocenters. The van der Waals surface area contributed by atoms with Gasteiger partial charge in [0.25, 0.3) is 5.91 Å². The number of benzene rings is 2. The van der Waals surface area contributed by atoms with E-state index in [2.05, 4.69) is 10.2 Å². The molecule has 1 amide bonds. The van der Waals surface area contributed by atoms with Gasteiger partial charge in [-0.15, -0.1) is 0 Å². The van der Waals surface area contributed by atoms with Crippen LogP contribution in [0.15, 0.2) is 54.6 Å². The van der Waals surface area contributed by atoms with Crippen molar-refractivity contribution in [2.24, 2.45) is 0 Å². The van der Waals surface area contributed by atoms with E-state index in [9.17, 15) is 4.79 Å². The number of para-hydroxylation sites is 2. The lowest BCUT2D eigenvalue weighted by Gasteiger charge is -2.24. The van der Waals surface area contributed by atoms with E-state index in [-0.39, 0.29) is 11.9 Å². The van der Waals surface area contributed by atoms with Crippen molar-refractivity contribution in [2.45, 2.75) is 13.0 Å². The van der Waals surface area contributed by atoms with Crippen LogP contribution in [0, 0.1) is 0 Å². The Morgan fingerprint density at radius 1 is 1.17 bits per heavy atom. The van der Waals surface area contributed by atoms with Gasteiger partial charge in [0.1, 0.15) is 12.4 Å². The molecular weight excluding hydrogens is 290 g/mol. The van der Waals surface area contributed by atoms with E-state index in [4.69, 9.17) is 4.74 Å². The van der Waals surface area contributed by atoms with Crippen LogP contribution in [-0.4, -0.2) is 40.7 Å². The minimum atomic E-state index is -0.119. The zero-order valence-corrected chi connectivity index (χ0v) is 13.2. The summed E-state index contributed by atoms with van der Waals surface area (Å²) in [4.78, 5) is 14.3. The Morgan fingerprint density at radius 3 is 2.65 bits per heavy atom. The van der Waals surface area contributed by atoms with Gasteiger partial charge in [0.2, 0.25) is 0 Å². The number of carbonyl (C=O) groups is 1. The van der Waals surface area contributed by atoms with Crippen molar-refractivity contribution in [1.29, 1.82) is 0 Å². The van der Waals surface area contributed by atoms with Crippen molar-refractivity contribution in [2.75, 3.05) is 13.7 Å². The maximum atomic E-state index is 12.7. The van der Waals surface area contributed by atoms with Gasteiger partial charge < -0.3 is 9.64 Å². The number of aromatic amines is 1. The summed E-state index contributed by atoms with van der Waals surface area (Å²) in [6, 6.07) is 17.1. The number of likely N-dealkylation sites (N-methyl/N-ethyl adjacent to an activating group) is 1. The summed E-state index contributed by atoms with van der Waals surface area (Å²) in [5.41, 5.74) is 1.30. The molecule has 0 spiro atoms. The highest BCUT2D eigenvalue weighted by molar-refractivity contribution is 6.04. The number of amides is 1. The van der Waals surface area contributed by atoms with Crippen molar-refractivity contribution in [3.63, 3.8) is 0 Å². The molecule has 0 saturated carbocycles. The highest BCUT2D eigenvalue weighted by atomic mass is 16.5. The van der Waals surface area contributed by atoms with Crippen molar-refractivity contribution in [3.05, 3.63) is 60.3 Å². The first-order chi connectivity index (χ1) is 11.2. The van der Waals surface area contributed by atoms with E-state index < -0.39 is 0 Å². The van der Waals surface area contributed by atoms with Gasteiger partial charge in [-0.2, -0.15) is 5.10 Å². The van der Waals surface area contributed by atoms with Crippen LogP contribution in [0.3, 0.4) is 0 Å². The Kier molecular flexibility index (Phi) is 4.28. The minimum Gasteiger partial charge on any atom is -0.491 e. The lowest BCUT2D eigenvalue weighted by atomic mass is 10.2. The van der Waals surface area contributed by atoms with Crippen LogP contribution >= 0.6 is 0 Å². The lowest BCUT2D eigenvalue weighted by Crippen LogP contribution is -2.39. The van der Waals surface area contributed by atoms with Gasteiger partial charge in [0.15, 0.2) is 5.69 Å². The van der Waals surface area contributed by atoms with Crippen molar-refractivity contribution >= 4 is 16.8 Å². The Bertz CT molecular complexity index is 798. The molecule has 0 saturated heterocycles. The van der Waals surface area contributed by atoms with Crippen LogP contribution in [0.5, 0.6) is 5.75 Å². The Labute approximate surface area is 134 Å². The number of nitrogens with zero attached hydrogens (tertiary/aromatic N) is 2. The fourth-order valence-electron chi connectivity index (χ4n) is 2.34. The van der Waals surface area contributed by atoms with Crippen LogP contribution in [0.4, 0.5) is 0 Å². The van der Waals surface area contributed by atoms with Crippen LogP contribution in [-0.2, 0) is 0 Å². The van der Waals surface area contributed by atoms with E-state index in [1.165, 1.54) is 0 Å². The quantitative estimate of drug-likeness (QED) is 0.788. The van der Waals surface area contributed by atoms with Gasteiger partial charge in [0.05, 0.1) is 11.6 Å². The summed E-state index contributed by atoms with van der Waals surface area (Å²) in [7, 11) is 1.77. The molecule has 5 nitrogen and oxygen atoms in total. The normalized spacial score (nSPS) is 12.1. The van der Waals surface area contributed by atoms with Crippen molar-refractivity contribution in [3.8, 4) is 5.75 Å². The molecule has 1 heterocycles. The highest BCUT2D eigenvalue weighted by Crippen LogP contribution is 2.17. The highest BCUT2D eigenvalue weighted by Gasteiger charge is 2.22. The monoisotopic (exact) mass is 309 g/mol. The third-order valence-corrected chi connectivity index (χ3v) is 3.89.